The molecule has 1 saturated heterocycles. The number of rotatable bonds is 1. The van der Waals surface area contributed by atoms with Crippen molar-refractivity contribution in [1.29, 1.82) is 0 Å². The van der Waals surface area contributed by atoms with Crippen molar-refractivity contribution in [2.75, 3.05) is 0 Å². The maximum absolute atomic E-state index is 12.9. The van der Waals surface area contributed by atoms with E-state index in [1.807, 2.05) is 13.8 Å². The number of fused-ring (bicyclic) bond motifs is 6. The van der Waals surface area contributed by atoms with Gasteiger partial charge in [-0.1, -0.05) is 32.9 Å². The number of carbonyl (C=O) groups is 3. The average Bonchev–Trinajstić information content (AvgIpc) is 2.56. The van der Waals surface area contributed by atoms with Gasteiger partial charge in [-0.2, -0.15) is 0 Å². The third-order valence-corrected chi connectivity index (χ3v) is 6.56. The molecule has 4 unspecified atom stereocenters. The van der Waals surface area contributed by atoms with Gasteiger partial charge in [-0.05, 0) is 30.3 Å². The van der Waals surface area contributed by atoms with Crippen LogP contribution in [0.4, 0.5) is 0 Å². The molecule has 1 N–H and O–H groups in total. The zero-order chi connectivity index (χ0) is 18.1. The normalized spacial score (nSPS) is 39.2. The molecule has 1 aliphatic heterocycles. The third kappa shape index (κ3) is 1.92. The molecule has 5 nitrogen and oxygen atoms in total. The van der Waals surface area contributed by atoms with Crippen LogP contribution in [0.1, 0.15) is 39.5 Å². The monoisotopic (exact) mass is 342 g/mol. The highest BCUT2D eigenvalue weighted by atomic mass is 16.5. The molecular weight excluding hydrogens is 320 g/mol. The van der Waals surface area contributed by atoms with Gasteiger partial charge >= 0.3 is 5.97 Å². The molecule has 2 bridgehead atoms. The minimum atomic E-state index is -0.986. The van der Waals surface area contributed by atoms with Gasteiger partial charge in [0.1, 0.15) is 12.4 Å². The van der Waals surface area contributed by atoms with Crippen molar-refractivity contribution in [1.82, 2.24) is 0 Å². The predicted molar refractivity (Wildman–Crippen MR) is 89.5 cm³/mol. The van der Waals surface area contributed by atoms with Crippen LogP contribution in [0.2, 0.25) is 0 Å². The van der Waals surface area contributed by atoms with Crippen molar-refractivity contribution in [3.63, 3.8) is 0 Å². The molecule has 4 atom stereocenters. The fourth-order valence-corrected chi connectivity index (χ4v) is 5.52. The Kier molecular flexibility index (Phi) is 3.22. The average molecular weight is 342 g/mol. The number of allylic oxidation sites excluding steroid dienone is 3. The van der Waals surface area contributed by atoms with E-state index in [-0.39, 0.29) is 11.7 Å². The van der Waals surface area contributed by atoms with Crippen LogP contribution in [0.5, 0.6) is 0 Å². The van der Waals surface area contributed by atoms with E-state index in [0.29, 0.717) is 29.6 Å². The van der Waals surface area contributed by atoms with Crippen molar-refractivity contribution in [3.8, 4) is 0 Å². The lowest BCUT2D eigenvalue weighted by atomic mass is 9.48. The molecular formula is C20H22O5. The first-order chi connectivity index (χ1) is 11.7. The summed E-state index contributed by atoms with van der Waals surface area (Å²) in [6, 6.07) is 0. The van der Waals surface area contributed by atoms with E-state index in [1.54, 1.807) is 6.08 Å². The highest BCUT2D eigenvalue weighted by Gasteiger charge is 2.61. The second-order valence-electron chi connectivity index (χ2n) is 8.36. The number of ketones is 1. The highest BCUT2D eigenvalue weighted by Crippen LogP contribution is 2.61. The summed E-state index contributed by atoms with van der Waals surface area (Å²) in [4.78, 5) is 37.4. The van der Waals surface area contributed by atoms with Crippen molar-refractivity contribution in [2.24, 2.45) is 22.7 Å². The Morgan fingerprint density at radius 1 is 1.32 bits per heavy atom. The predicted octanol–water partition coefficient (Wildman–Crippen LogP) is 2.82. The van der Waals surface area contributed by atoms with Crippen LogP contribution >= 0.6 is 0 Å². The summed E-state index contributed by atoms with van der Waals surface area (Å²) >= 11 is 0. The number of ether oxygens (including phenoxy) is 1. The van der Waals surface area contributed by atoms with Crippen LogP contribution in [0, 0.1) is 22.7 Å². The van der Waals surface area contributed by atoms with E-state index in [4.69, 9.17) is 4.74 Å². The van der Waals surface area contributed by atoms with Crippen molar-refractivity contribution >= 4 is 18.0 Å². The fraction of sp³-hybridized carbons (Fsp3) is 0.550. The maximum atomic E-state index is 12.9. The van der Waals surface area contributed by atoms with E-state index < -0.39 is 34.6 Å². The molecule has 3 aliphatic carbocycles. The molecule has 4 rings (SSSR count). The number of aldehydes is 1. The zero-order valence-electron chi connectivity index (χ0n) is 14.5. The van der Waals surface area contributed by atoms with Gasteiger partial charge < -0.3 is 14.6 Å². The number of carbonyl (C=O) groups excluding carboxylic acids is 3. The summed E-state index contributed by atoms with van der Waals surface area (Å²) < 4.78 is 5.57. The molecule has 25 heavy (non-hydrogen) atoms. The smallest absolute Gasteiger partial charge is 0.334 e. The lowest BCUT2D eigenvalue weighted by Gasteiger charge is -2.55. The Morgan fingerprint density at radius 3 is 2.72 bits per heavy atom. The van der Waals surface area contributed by atoms with Crippen LogP contribution in [0.3, 0.4) is 0 Å². The lowest BCUT2D eigenvalue weighted by molar-refractivity contribution is -0.158. The Hall–Kier alpha value is -2.17. The first-order valence-electron chi connectivity index (χ1n) is 8.79. The highest BCUT2D eigenvalue weighted by molar-refractivity contribution is 6.11. The molecule has 0 amide bonds. The second kappa shape index (κ2) is 4.93. The summed E-state index contributed by atoms with van der Waals surface area (Å²) in [5, 5.41) is 10.7. The van der Waals surface area contributed by atoms with E-state index in [2.05, 4.69) is 6.58 Å². The second-order valence-corrected chi connectivity index (χ2v) is 8.36. The standard InChI is InChI=1S/C20H22O5/c1-10-11-7-12-14(13(8-11)25-18(10)24)20(9-21)6-4-5-19(2,3)17(20)16(23)15(12)22/h7,9,11,13-14,23H,1,4-6,8H2,2-3H3. The summed E-state index contributed by atoms with van der Waals surface area (Å²) in [5.41, 5.74) is -0.189. The van der Waals surface area contributed by atoms with Gasteiger partial charge in [0.05, 0.1) is 5.41 Å². The molecule has 0 radical (unpaired) electrons. The van der Waals surface area contributed by atoms with Crippen LogP contribution in [-0.4, -0.2) is 29.2 Å². The van der Waals surface area contributed by atoms with Crippen LogP contribution in [0.15, 0.2) is 35.1 Å². The topological polar surface area (TPSA) is 80.7 Å². The SMILES string of the molecule is C=C1C(=O)OC2CC1C=C1C(=O)C(O)=C3C(C)(C)CCCC3(C=O)C12. The van der Waals surface area contributed by atoms with Crippen LogP contribution in [0.25, 0.3) is 0 Å². The van der Waals surface area contributed by atoms with E-state index >= 15 is 0 Å². The Morgan fingerprint density at radius 2 is 2.04 bits per heavy atom. The first kappa shape index (κ1) is 16.3. The van der Waals surface area contributed by atoms with Gasteiger partial charge in [-0.3, -0.25) is 4.79 Å². The number of hydrogen-bond donors (Lipinski definition) is 1. The molecule has 5 heteroatoms. The Bertz CT molecular complexity index is 784. The van der Waals surface area contributed by atoms with Gasteiger partial charge in [-0.25, -0.2) is 4.79 Å². The van der Waals surface area contributed by atoms with E-state index in [0.717, 1.165) is 19.1 Å². The molecule has 0 aromatic carbocycles. The fourth-order valence-electron chi connectivity index (χ4n) is 5.52. The third-order valence-electron chi connectivity index (χ3n) is 6.56. The first-order valence-corrected chi connectivity index (χ1v) is 8.79. The van der Waals surface area contributed by atoms with Crippen LogP contribution < -0.4 is 0 Å². The Balaban J connectivity index is 1.99. The van der Waals surface area contributed by atoms with Crippen molar-refractivity contribution in [2.45, 2.75) is 45.6 Å². The number of hydrogen-bond acceptors (Lipinski definition) is 5. The molecule has 0 aromatic rings. The van der Waals surface area contributed by atoms with E-state index in [9.17, 15) is 19.5 Å². The number of Topliss-reactive ketones (excluding diaryl/α,β-unsaturated/α-hetero) is 1. The summed E-state index contributed by atoms with van der Waals surface area (Å²) in [5.74, 6) is -1.98. The molecule has 0 spiro atoms. The zero-order valence-corrected chi connectivity index (χ0v) is 14.5. The van der Waals surface area contributed by atoms with Gasteiger partial charge in [0.15, 0.2) is 5.76 Å². The lowest BCUT2D eigenvalue weighted by Crippen LogP contribution is -2.56. The molecule has 2 fully saturated rings. The minimum Gasteiger partial charge on any atom is -0.504 e. The molecule has 132 valence electrons. The van der Waals surface area contributed by atoms with Gasteiger partial charge in [0, 0.05) is 23.0 Å². The number of aliphatic hydroxyl groups excluding tert-OH is 1. The Labute approximate surface area is 146 Å². The van der Waals surface area contributed by atoms with Crippen LogP contribution in [-0.2, 0) is 19.1 Å². The van der Waals surface area contributed by atoms with Gasteiger partial charge in [0.2, 0.25) is 5.78 Å². The van der Waals surface area contributed by atoms with E-state index in [1.165, 1.54) is 0 Å². The maximum Gasteiger partial charge on any atom is 0.334 e. The van der Waals surface area contributed by atoms with Gasteiger partial charge in [0.25, 0.3) is 0 Å². The molecule has 4 aliphatic rings. The molecule has 1 saturated carbocycles. The summed E-state index contributed by atoms with van der Waals surface area (Å²) in [6.45, 7) is 7.68. The van der Waals surface area contributed by atoms with Gasteiger partial charge in [-0.15, -0.1) is 0 Å². The minimum absolute atomic E-state index is 0.267. The van der Waals surface area contributed by atoms with Crippen molar-refractivity contribution < 1.29 is 24.2 Å². The number of esters is 1. The summed E-state index contributed by atoms with van der Waals surface area (Å²) in [7, 11) is 0. The van der Waals surface area contributed by atoms with Crippen molar-refractivity contribution in [3.05, 3.63) is 35.1 Å². The quantitative estimate of drug-likeness (QED) is 0.450. The summed E-state index contributed by atoms with van der Waals surface area (Å²) in [6.07, 6.45) is 4.77. The largest absolute Gasteiger partial charge is 0.504 e. The molecule has 0 aromatic heterocycles. The molecule has 1 heterocycles. The number of aliphatic hydroxyl groups is 1.